The van der Waals surface area contributed by atoms with Gasteiger partial charge in [0.05, 0.1) is 0 Å². The van der Waals surface area contributed by atoms with Gasteiger partial charge in [0.1, 0.15) is 6.54 Å². The summed E-state index contributed by atoms with van der Waals surface area (Å²) in [7, 11) is 0. The Bertz CT molecular complexity index is 281. The highest BCUT2D eigenvalue weighted by Gasteiger charge is 2.12. The number of carbonyl (C=O) groups is 1. The van der Waals surface area contributed by atoms with Gasteiger partial charge < -0.3 is 16.4 Å². The van der Waals surface area contributed by atoms with Gasteiger partial charge in [-0.1, -0.05) is 25.7 Å². The quantitative estimate of drug-likeness (QED) is 0.400. The standard InChI is InChI=1S/C13H26N4O/c1-10(2)16-12(18)9-15-13(14)17-11-7-5-3-4-6-8-11/h10-11H,3-9H2,1-2H3,(H,16,18)(H3,14,15,17). The Kier molecular flexibility index (Phi) is 6.54. The van der Waals surface area contributed by atoms with Crippen molar-refractivity contribution < 1.29 is 4.79 Å². The maximum atomic E-state index is 11.4. The smallest absolute Gasteiger partial charge is 0.242 e. The molecular formula is C13H26N4O. The minimum absolute atomic E-state index is 0.0874. The van der Waals surface area contributed by atoms with Gasteiger partial charge in [-0.15, -0.1) is 0 Å². The van der Waals surface area contributed by atoms with Gasteiger partial charge in [0.15, 0.2) is 5.96 Å². The lowest BCUT2D eigenvalue weighted by Gasteiger charge is -2.16. The summed E-state index contributed by atoms with van der Waals surface area (Å²) in [5.74, 6) is 0.302. The van der Waals surface area contributed by atoms with Crippen LogP contribution >= 0.6 is 0 Å². The fourth-order valence-corrected chi connectivity index (χ4v) is 2.20. The Morgan fingerprint density at radius 2 is 1.89 bits per heavy atom. The SMILES string of the molecule is CC(C)NC(=O)CN=C(N)NC1CCCCCC1. The maximum Gasteiger partial charge on any atom is 0.242 e. The summed E-state index contributed by atoms with van der Waals surface area (Å²) in [5, 5.41) is 6.00. The van der Waals surface area contributed by atoms with Gasteiger partial charge in [-0.3, -0.25) is 4.79 Å². The van der Waals surface area contributed by atoms with Crippen molar-refractivity contribution in [1.29, 1.82) is 0 Å². The zero-order valence-corrected chi connectivity index (χ0v) is 11.5. The number of nitrogens with two attached hydrogens (primary N) is 1. The lowest BCUT2D eigenvalue weighted by Crippen LogP contribution is -2.41. The molecule has 1 saturated carbocycles. The van der Waals surface area contributed by atoms with Crippen LogP contribution in [0, 0.1) is 0 Å². The van der Waals surface area contributed by atoms with Gasteiger partial charge in [-0.2, -0.15) is 0 Å². The minimum atomic E-state index is -0.0874. The number of amides is 1. The van der Waals surface area contributed by atoms with Crippen molar-refractivity contribution in [3.63, 3.8) is 0 Å². The van der Waals surface area contributed by atoms with Gasteiger partial charge in [0.25, 0.3) is 0 Å². The third-order valence-electron chi connectivity index (χ3n) is 3.05. The summed E-state index contributed by atoms with van der Waals surface area (Å²) in [6.07, 6.45) is 7.42. The Balaban J connectivity index is 2.29. The van der Waals surface area contributed by atoms with Crippen molar-refractivity contribution in [2.24, 2.45) is 10.7 Å². The van der Waals surface area contributed by atoms with Gasteiger partial charge in [-0.05, 0) is 26.7 Å². The van der Waals surface area contributed by atoms with Crippen LogP contribution in [-0.2, 0) is 4.79 Å². The van der Waals surface area contributed by atoms with Crippen molar-refractivity contribution in [3.05, 3.63) is 0 Å². The molecule has 0 aromatic rings. The first-order valence-electron chi connectivity index (χ1n) is 6.93. The predicted octanol–water partition coefficient (Wildman–Crippen LogP) is 1.14. The number of nitrogens with zero attached hydrogens (tertiary/aromatic N) is 1. The van der Waals surface area contributed by atoms with Gasteiger partial charge in [0.2, 0.25) is 5.91 Å². The fourth-order valence-electron chi connectivity index (χ4n) is 2.20. The molecule has 0 saturated heterocycles. The molecular weight excluding hydrogens is 228 g/mol. The number of guanidine groups is 1. The Hall–Kier alpha value is -1.26. The average molecular weight is 254 g/mol. The predicted molar refractivity (Wildman–Crippen MR) is 74.4 cm³/mol. The monoisotopic (exact) mass is 254 g/mol. The maximum absolute atomic E-state index is 11.4. The number of aliphatic imine (C=N–C) groups is 1. The third-order valence-corrected chi connectivity index (χ3v) is 3.05. The molecule has 0 spiro atoms. The summed E-state index contributed by atoms with van der Waals surface area (Å²) in [6, 6.07) is 0.563. The summed E-state index contributed by atoms with van der Waals surface area (Å²) in [6.45, 7) is 3.95. The Morgan fingerprint density at radius 1 is 1.28 bits per heavy atom. The second-order valence-corrected chi connectivity index (χ2v) is 5.26. The van der Waals surface area contributed by atoms with Crippen molar-refractivity contribution in [3.8, 4) is 0 Å². The molecule has 0 bridgehead atoms. The number of hydrogen-bond donors (Lipinski definition) is 3. The molecule has 0 radical (unpaired) electrons. The molecule has 0 aliphatic heterocycles. The molecule has 0 aromatic heterocycles. The Labute approximate surface area is 110 Å². The number of carbonyl (C=O) groups excluding carboxylic acids is 1. The van der Waals surface area contributed by atoms with E-state index in [1.165, 1.54) is 25.7 Å². The summed E-state index contributed by atoms with van der Waals surface area (Å²) >= 11 is 0. The van der Waals surface area contributed by atoms with Crippen LogP contribution in [0.4, 0.5) is 0 Å². The van der Waals surface area contributed by atoms with E-state index in [0.717, 1.165) is 12.8 Å². The molecule has 0 aromatic carbocycles. The summed E-state index contributed by atoms with van der Waals surface area (Å²) < 4.78 is 0. The average Bonchev–Trinajstić information content (AvgIpc) is 2.54. The van der Waals surface area contributed by atoms with Crippen LogP contribution in [0.2, 0.25) is 0 Å². The lowest BCUT2D eigenvalue weighted by atomic mass is 10.1. The van der Waals surface area contributed by atoms with Crippen LogP contribution < -0.4 is 16.4 Å². The van der Waals surface area contributed by atoms with Crippen LogP contribution in [0.5, 0.6) is 0 Å². The highest BCUT2D eigenvalue weighted by atomic mass is 16.1. The molecule has 0 unspecified atom stereocenters. The third kappa shape index (κ3) is 6.47. The zero-order chi connectivity index (χ0) is 13.4. The molecule has 1 aliphatic carbocycles. The van der Waals surface area contributed by atoms with E-state index in [9.17, 15) is 4.79 Å². The van der Waals surface area contributed by atoms with E-state index >= 15 is 0 Å². The van der Waals surface area contributed by atoms with Crippen LogP contribution in [0.25, 0.3) is 0 Å². The summed E-state index contributed by atoms with van der Waals surface area (Å²) in [4.78, 5) is 15.5. The topological polar surface area (TPSA) is 79.5 Å². The van der Waals surface area contributed by atoms with E-state index < -0.39 is 0 Å². The second kappa shape index (κ2) is 7.95. The van der Waals surface area contributed by atoms with Gasteiger partial charge >= 0.3 is 0 Å². The Morgan fingerprint density at radius 3 is 2.44 bits per heavy atom. The van der Waals surface area contributed by atoms with Gasteiger partial charge in [-0.25, -0.2) is 4.99 Å². The number of rotatable bonds is 4. The lowest BCUT2D eigenvalue weighted by molar-refractivity contribution is -0.120. The zero-order valence-electron chi connectivity index (χ0n) is 11.5. The largest absolute Gasteiger partial charge is 0.370 e. The van der Waals surface area contributed by atoms with E-state index in [1.807, 2.05) is 13.8 Å². The molecule has 5 heteroatoms. The molecule has 5 nitrogen and oxygen atoms in total. The second-order valence-electron chi connectivity index (χ2n) is 5.26. The number of hydrogen-bond acceptors (Lipinski definition) is 2. The van der Waals surface area contributed by atoms with Crippen molar-refractivity contribution in [1.82, 2.24) is 10.6 Å². The molecule has 1 amide bonds. The first kappa shape index (κ1) is 14.8. The summed E-state index contributed by atoms with van der Waals surface area (Å²) in [5.41, 5.74) is 5.79. The molecule has 1 fully saturated rings. The molecule has 104 valence electrons. The van der Waals surface area contributed by atoms with Crippen LogP contribution in [0.1, 0.15) is 52.4 Å². The fraction of sp³-hybridized carbons (Fsp3) is 0.846. The first-order valence-corrected chi connectivity index (χ1v) is 6.93. The molecule has 0 atom stereocenters. The molecule has 1 rings (SSSR count). The highest BCUT2D eigenvalue weighted by Crippen LogP contribution is 2.16. The first-order chi connectivity index (χ1) is 8.58. The van der Waals surface area contributed by atoms with E-state index in [4.69, 9.17) is 5.73 Å². The molecule has 18 heavy (non-hydrogen) atoms. The van der Waals surface area contributed by atoms with E-state index in [2.05, 4.69) is 15.6 Å². The van der Waals surface area contributed by atoms with Crippen molar-refractivity contribution in [2.75, 3.05) is 6.54 Å². The van der Waals surface area contributed by atoms with Gasteiger partial charge in [0, 0.05) is 12.1 Å². The van der Waals surface area contributed by atoms with Crippen molar-refractivity contribution >= 4 is 11.9 Å². The van der Waals surface area contributed by atoms with E-state index in [0.29, 0.717) is 12.0 Å². The molecule has 1 aliphatic rings. The van der Waals surface area contributed by atoms with E-state index in [1.54, 1.807) is 0 Å². The number of nitrogens with one attached hydrogen (secondary N) is 2. The minimum Gasteiger partial charge on any atom is -0.370 e. The van der Waals surface area contributed by atoms with E-state index in [-0.39, 0.29) is 18.5 Å². The molecule has 0 heterocycles. The highest BCUT2D eigenvalue weighted by molar-refractivity contribution is 5.84. The normalized spacial score (nSPS) is 18.5. The van der Waals surface area contributed by atoms with Crippen LogP contribution in [0.3, 0.4) is 0 Å². The molecule has 4 N–H and O–H groups in total. The van der Waals surface area contributed by atoms with Crippen molar-refractivity contribution in [2.45, 2.75) is 64.5 Å². The van der Waals surface area contributed by atoms with Crippen LogP contribution in [-0.4, -0.2) is 30.5 Å². The van der Waals surface area contributed by atoms with Crippen LogP contribution in [0.15, 0.2) is 4.99 Å².